The van der Waals surface area contributed by atoms with Crippen LogP contribution in [0.2, 0.25) is 5.02 Å². The average molecular weight is 237 g/mol. The molecule has 0 amide bonds. The van der Waals surface area contributed by atoms with Gasteiger partial charge in [-0.2, -0.15) is 10.4 Å². The van der Waals surface area contributed by atoms with Gasteiger partial charge < -0.3 is 0 Å². The number of nitriles is 1. The molecule has 0 atom stereocenters. The van der Waals surface area contributed by atoms with Gasteiger partial charge in [0.05, 0.1) is 5.56 Å². The summed E-state index contributed by atoms with van der Waals surface area (Å²) in [6.45, 7) is 0. The van der Waals surface area contributed by atoms with E-state index in [-0.39, 0.29) is 0 Å². The van der Waals surface area contributed by atoms with E-state index in [1.807, 2.05) is 0 Å². The van der Waals surface area contributed by atoms with E-state index in [9.17, 15) is 0 Å². The van der Waals surface area contributed by atoms with Crippen molar-refractivity contribution >= 4 is 23.4 Å². The summed E-state index contributed by atoms with van der Waals surface area (Å²) >= 11 is 7.13. The number of H-pyrrole nitrogens is 1. The van der Waals surface area contributed by atoms with Crippen molar-refractivity contribution in [3.05, 3.63) is 35.1 Å². The maximum Gasteiger partial charge on any atom is 0.188 e. The first kappa shape index (κ1) is 10.0. The van der Waals surface area contributed by atoms with Crippen LogP contribution in [0.25, 0.3) is 0 Å². The van der Waals surface area contributed by atoms with E-state index in [0.29, 0.717) is 15.7 Å². The van der Waals surface area contributed by atoms with Crippen molar-refractivity contribution < 1.29 is 0 Å². The molecule has 0 radical (unpaired) electrons. The molecule has 2 rings (SSSR count). The van der Waals surface area contributed by atoms with Crippen molar-refractivity contribution in [1.29, 1.82) is 5.26 Å². The minimum absolute atomic E-state index is 0.531. The second-order valence-electron chi connectivity index (χ2n) is 2.64. The van der Waals surface area contributed by atoms with Gasteiger partial charge in [-0.25, -0.2) is 4.98 Å². The van der Waals surface area contributed by atoms with E-state index in [4.69, 9.17) is 16.9 Å². The topological polar surface area (TPSA) is 65.4 Å². The van der Waals surface area contributed by atoms with Crippen LogP contribution in [-0.4, -0.2) is 15.2 Å². The molecule has 6 heteroatoms. The molecule has 2 aromatic rings. The van der Waals surface area contributed by atoms with Gasteiger partial charge in [-0.1, -0.05) is 11.6 Å². The Bertz CT molecular complexity index is 503. The number of halogens is 1. The smallest absolute Gasteiger partial charge is 0.188 e. The first-order chi connectivity index (χ1) is 7.29. The largest absolute Gasteiger partial charge is 0.254 e. The number of nitrogens with one attached hydrogen (secondary N) is 1. The molecule has 1 aromatic heterocycles. The van der Waals surface area contributed by atoms with E-state index >= 15 is 0 Å². The van der Waals surface area contributed by atoms with Gasteiger partial charge in [-0.05, 0) is 30.0 Å². The van der Waals surface area contributed by atoms with Gasteiger partial charge in [-0.15, -0.1) is 0 Å². The van der Waals surface area contributed by atoms with Crippen LogP contribution in [0.3, 0.4) is 0 Å². The Kier molecular flexibility index (Phi) is 2.90. The average Bonchev–Trinajstić information content (AvgIpc) is 2.73. The number of aromatic nitrogens is 3. The lowest BCUT2D eigenvalue weighted by Gasteiger charge is -2.00. The molecule has 0 spiro atoms. The van der Waals surface area contributed by atoms with Gasteiger partial charge in [0.2, 0.25) is 0 Å². The van der Waals surface area contributed by atoms with Crippen LogP contribution >= 0.6 is 23.4 Å². The fourth-order valence-electron chi connectivity index (χ4n) is 1.03. The molecule has 74 valence electrons. The molecule has 1 heterocycles. The van der Waals surface area contributed by atoms with Crippen molar-refractivity contribution in [3.63, 3.8) is 0 Å². The van der Waals surface area contributed by atoms with Gasteiger partial charge >= 0.3 is 0 Å². The van der Waals surface area contributed by atoms with Crippen LogP contribution in [0.5, 0.6) is 0 Å². The van der Waals surface area contributed by atoms with E-state index < -0.39 is 0 Å². The minimum atomic E-state index is 0.531. The van der Waals surface area contributed by atoms with Crippen molar-refractivity contribution in [2.45, 2.75) is 10.1 Å². The molecular formula is C9H5ClN4S. The summed E-state index contributed by atoms with van der Waals surface area (Å²) in [5.41, 5.74) is 0.531. The highest BCUT2D eigenvalue weighted by Crippen LogP contribution is 2.28. The SMILES string of the molecule is N#Cc1cc(Cl)ccc1Sc1ncn[nH]1. The van der Waals surface area contributed by atoms with Crippen LogP contribution in [-0.2, 0) is 0 Å². The Hall–Kier alpha value is -1.51. The zero-order chi connectivity index (χ0) is 10.7. The van der Waals surface area contributed by atoms with Crippen molar-refractivity contribution in [1.82, 2.24) is 15.2 Å². The van der Waals surface area contributed by atoms with Crippen LogP contribution in [0.4, 0.5) is 0 Å². The van der Waals surface area contributed by atoms with Gasteiger partial charge in [-0.3, -0.25) is 5.10 Å². The molecule has 1 N–H and O–H groups in total. The van der Waals surface area contributed by atoms with E-state index in [1.165, 1.54) is 18.1 Å². The van der Waals surface area contributed by atoms with Crippen LogP contribution < -0.4 is 0 Å². The lowest BCUT2D eigenvalue weighted by Crippen LogP contribution is -1.82. The van der Waals surface area contributed by atoms with Crippen molar-refractivity contribution in [2.24, 2.45) is 0 Å². The Morgan fingerprint density at radius 1 is 1.47 bits per heavy atom. The highest BCUT2D eigenvalue weighted by molar-refractivity contribution is 7.99. The number of hydrogen-bond donors (Lipinski definition) is 1. The standard InChI is InChI=1S/C9H5ClN4S/c10-7-1-2-8(6(3-7)4-11)15-9-12-5-13-14-9/h1-3,5H,(H,12,13,14). The third-order valence-corrected chi connectivity index (χ3v) is 2.86. The summed E-state index contributed by atoms with van der Waals surface area (Å²) in [6, 6.07) is 7.23. The lowest BCUT2D eigenvalue weighted by atomic mass is 10.2. The van der Waals surface area contributed by atoms with Crippen LogP contribution in [0.1, 0.15) is 5.56 Å². The number of benzene rings is 1. The molecule has 1 aromatic carbocycles. The zero-order valence-electron chi connectivity index (χ0n) is 7.44. The summed E-state index contributed by atoms with van der Waals surface area (Å²) in [6.07, 6.45) is 1.42. The predicted octanol–water partition coefficient (Wildman–Crippen LogP) is 2.48. The van der Waals surface area contributed by atoms with Gasteiger partial charge in [0.25, 0.3) is 0 Å². The Morgan fingerprint density at radius 3 is 3.00 bits per heavy atom. The van der Waals surface area contributed by atoms with E-state index in [0.717, 1.165) is 4.90 Å². The third kappa shape index (κ3) is 2.29. The molecule has 15 heavy (non-hydrogen) atoms. The monoisotopic (exact) mass is 236 g/mol. The quantitative estimate of drug-likeness (QED) is 0.870. The fraction of sp³-hybridized carbons (Fsp3) is 0. The second kappa shape index (κ2) is 4.34. The number of aromatic amines is 1. The molecule has 0 saturated heterocycles. The summed E-state index contributed by atoms with van der Waals surface area (Å²) in [5, 5.41) is 16.5. The Balaban J connectivity index is 2.33. The molecule has 0 bridgehead atoms. The summed E-state index contributed by atoms with van der Waals surface area (Å²) in [5.74, 6) is 0. The molecule has 0 aliphatic carbocycles. The van der Waals surface area contributed by atoms with Gasteiger partial charge in [0.1, 0.15) is 12.4 Å². The van der Waals surface area contributed by atoms with Crippen LogP contribution in [0.15, 0.2) is 34.6 Å². The molecule has 0 fully saturated rings. The first-order valence-electron chi connectivity index (χ1n) is 4.02. The third-order valence-electron chi connectivity index (χ3n) is 1.66. The van der Waals surface area contributed by atoms with Gasteiger partial charge in [0.15, 0.2) is 5.16 Å². The maximum absolute atomic E-state index is 8.90. The van der Waals surface area contributed by atoms with Crippen LogP contribution in [0, 0.1) is 11.3 Å². The normalized spacial score (nSPS) is 9.87. The molecule has 0 aliphatic heterocycles. The number of rotatable bonds is 2. The number of hydrogen-bond acceptors (Lipinski definition) is 4. The lowest BCUT2D eigenvalue weighted by molar-refractivity contribution is 0.973. The summed E-state index contributed by atoms with van der Waals surface area (Å²) < 4.78 is 0. The first-order valence-corrected chi connectivity index (χ1v) is 5.22. The molecule has 0 aliphatic rings. The molecule has 0 saturated carbocycles. The highest BCUT2D eigenvalue weighted by Gasteiger charge is 2.06. The fourth-order valence-corrected chi connectivity index (χ4v) is 1.96. The number of nitrogens with zero attached hydrogens (tertiary/aromatic N) is 3. The molecular weight excluding hydrogens is 232 g/mol. The predicted molar refractivity (Wildman–Crippen MR) is 56.7 cm³/mol. The maximum atomic E-state index is 8.90. The Labute approximate surface area is 95.3 Å². The van der Waals surface area contributed by atoms with Crippen molar-refractivity contribution in [2.75, 3.05) is 0 Å². The highest BCUT2D eigenvalue weighted by atomic mass is 35.5. The summed E-state index contributed by atoms with van der Waals surface area (Å²) in [4.78, 5) is 4.77. The molecule has 0 unspecified atom stereocenters. The minimum Gasteiger partial charge on any atom is -0.254 e. The molecule has 4 nitrogen and oxygen atoms in total. The zero-order valence-corrected chi connectivity index (χ0v) is 9.01. The van der Waals surface area contributed by atoms with E-state index in [1.54, 1.807) is 18.2 Å². The second-order valence-corrected chi connectivity index (χ2v) is 4.11. The van der Waals surface area contributed by atoms with E-state index in [2.05, 4.69) is 21.3 Å². The van der Waals surface area contributed by atoms with Gasteiger partial charge in [0, 0.05) is 9.92 Å². The Morgan fingerprint density at radius 2 is 2.33 bits per heavy atom. The van der Waals surface area contributed by atoms with Crippen molar-refractivity contribution in [3.8, 4) is 6.07 Å². The summed E-state index contributed by atoms with van der Waals surface area (Å²) in [7, 11) is 0.